The van der Waals surface area contributed by atoms with Crippen molar-refractivity contribution in [1.29, 1.82) is 0 Å². The molecule has 1 N–H and O–H groups in total. The van der Waals surface area contributed by atoms with Crippen molar-refractivity contribution in [2.45, 2.75) is 19.8 Å². The highest BCUT2D eigenvalue weighted by molar-refractivity contribution is 14.0. The van der Waals surface area contributed by atoms with Gasteiger partial charge in [0, 0.05) is 58.8 Å². The van der Waals surface area contributed by atoms with E-state index >= 15 is 0 Å². The third-order valence-electron chi connectivity index (χ3n) is 4.58. The number of likely N-dealkylation sites (tertiary alicyclic amines) is 1. The number of hydrogen-bond donors (Lipinski definition) is 1. The molecule has 0 aromatic heterocycles. The number of rotatable bonds is 7. The van der Waals surface area contributed by atoms with Gasteiger partial charge in [-0.15, -0.1) is 24.0 Å². The maximum atomic E-state index is 11.9. The van der Waals surface area contributed by atoms with Gasteiger partial charge < -0.3 is 24.6 Å². The minimum atomic E-state index is 0. The Hall–Kier alpha value is -0.610. The van der Waals surface area contributed by atoms with Crippen LogP contribution in [0.1, 0.15) is 19.8 Å². The first-order valence-corrected chi connectivity index (χ1v) is 8.99. The molecule has 0 saturated carbocycles. The summed E-state index contributed by atoms with van der Waals surface area (Å²) in [6, 6.07) is 0. The molecule has 2 saturated heterocycles. The fourth-order valence-corrected chi connectivity index (χ4v) is 2.98. The molecule has 2 atom stereocenters. The van der Waals surface area contributed by atoms with Crippen LogP contribution in [0.4, 0.5) is 0 Å². The van der Waals surface area contributed by atoms with Crippen LogP contribution in [0.5, 0.6) is 0 Å². The second kappa shape index (κ2) is 11.9. The molecule has 2 heterocycles. The van der Waals surface area contributed by atoms with Crippen molar-refractivity contribution in [3.63, 3.8) is 0 Å². The van der Waals surface area contributed by atoms with E-state index in [1.54, 1.807) is 19.0 Å². The van der Waals surface area contributed by atoms with E-state index in [-0.39, 0.29) is 36.4 Å². The van der Waals surface area contributed by atoms with Crippen molar-refractivity contribution in [2.24, 2.45) is 16.8 Å². The second-order valence-corrected chi connectivity index (χ2v) is 6.80. The lowest BCUT2D eigenvalue weighted by atomic mass is 10.1. The third kappa shape index (κ3) is 7.65. The molecule has 2 aliphatic rings. The Morgan fingerprint density at radius 2 is 2.16 bits per heavy atom. The lowest BCUT2D eigenvalue weighted by Crippen LogP contribution is -2.43. The SMILES string of the molecule is CCOCC1CCN(C(=NCC(=O)N(C)C)NCC2CCOC2)C1.I. The summed E-state index contributed by atoms with van der Waals surface area (Å²) in [6.07, 6.45) is 2.19. The van der Waals surface area contributed by atoms with Gasteiger partial charge in [0.05, 0.1) is 13.2 Å². The van der Waals surface area contributed by atoms with E-state index in [1.165, 1.54) is 0 Å². The molecule has 146 valence electrons. The number of amides is 1. The van der Waals surface area contributed by atoms with Gasteiger partial charge in [-0.1, -0.05) is 0 Å². The predicted molar refractivity (Wildman–Crippen MR) is 110 cm³/mol. The Kier molecular flexibility index (Phi) is 10.7. The van der Waals surface area contributed by atoms with Crippen LogP contribution in [0.2, 0.25) is 0 Å². The summed E-state index contributed by atoms with van der Waals surface area (Å²) in [5, 5.41) is 3.46. The van der Waals surface area contributed by atoms with Gasteiger partial charge in [0.2, 0.25) is 5.91 Å². The largest absolute Gasteiger partial charge is 0.381 e. The summed E-state index contributed by atoms with van der Waals surface area (Å²) in [6.45, 7) is 8.16. The number of guanidine groups is 1. The number of likely N-dealkylation sites (N-methyl/N-ethyl adjacent to an activating group) is 1. The monoisotopic (exact) mass is 468 g/mol. The molecule has 2 aliphatic heterocycles. The van der Waals surface area contributed by atoms with Crippen LogP contribution in [-0.4, -0.2) is 88.4 Å². The standard InChI is InChI=1S/C17H32N4O3.HI/c1-4-23-13-15-5-7-21(11-15)17(19-10-16(22)20(2)3)18-9-14-6-8-24-12-14;/h14-15H,4-13H2,1-3H3,(H,18,19);1H. The average molecular weight is 468 g/mol. The van der Waals surface area contributed by atoms with Crippen molar-refractivity contribution >= 4 is 35.8 Å². The van der Waals surface area contributed by atoms with Crippen LogP contribution in [-0.2, 0) is 14.3 Å². The fraction of sp³-hybridized carbons (Fsp3) is 0.882. The zero-order valence-corrected chi connectivity index (χ0v) is 18.0. The molecule has 0 aromatic rings. The molecule has 0 aromatic carbocycles. The van der Waals surface area contributed by atoms with Gasteiger partial charge in [-0.2, -0.15) is 0 Å². The number of ether oxygens (including phenoxy) is 2. The summed E-state index contributed by atoms with van der Waals surface area (Å²) < 4.78 is 11.0. The normalized spacial score (nSPS) is 23.5. The van der Waals surface area contributed by atoms with E-state index in [9.17, 15) is 4.79 Å². The topological polar surface area (TPSA) is 66.4 Å². The van der Waals surface area contributed by atoms with Gasteiger partial charge in [-0.05, 0) is 19.8 Å². The average Bonchev–Trinajstić information content (AvgIpc) is 3.24. The summed E-state index contributed by atoms with van der Waals surface area (Å²) in [7, 11) is 3.52. The predicted octanol–water partition coefficient (Wildman–Crippen LogP) is 1.03. The Bertz CT molecular complexity index is 428. The Morgan fingerprint density at radius 1 is 1.36 bits per heavy atom. The molecule has 0 aliphatic carbocycles. The fourth-order valence-electron chi connectivity index (χ4n) is 2.98. The van der Waals surface area contributed by atoms with E-state index in [1.807, 2.05) is 6.92 Å². The van der Waals surface area contributed by atoms with Crippen LogP contribution in [0.3, 0.4) is 0 Å². The van der Waals surface area contributed by atoms with E-state index in [2.05, 4.69) is 15.2 Å². The van der Waals surface area contributed by atoms with Crippen molar-refractivity contribution in [3.05, 3.63) is 0 Å². The van der Waals surface area contributed by atoms with Crippen molar-refractivity contribution in [3.8, 4) is 0 Å². The van der Waals surface area contributed by atoms with Crippen LogP contribution >= 0.6 is 24.0 Å². The van der Waals surface area contributed by atoms with Gasteiger partial charge in [-0.3, -0.25) is 4.79 Å². The van der Waals surface area contributed by atoms with Gasteiger partial charge in [0.15, 0.2) is 5.96 Å². The summed E-state index contributed by atoms with van der Waals surface area (Å²) in [5.41, 5.74) is 0. The molecule has 0 radical (unpaired) electrons. The molecule has 2 fully saturated rings. The molecular formula is C17H33IN4O3. The number of aliphatic imine (C=N–C) groups is 1. The summed E-state index contributed by atoms with van der Waals surface area (Å²) >= 11 is 0. The molecule has 1 amide bonds. The van der Waals surface area contributed by atoms with Gasteiger partial charge in [0.25, 0.3) is 0 Å². The first-order chi connectivity index (χ1) is 11.6. The number of carbonyl (C=O) groups is 1. The number of hydrogen-bond acceptors (Lipinski definition) is 4. The van der Waals surface area contributed by atoms with E-state index in [0.29, 0.717) is 11.8 Å². The maximum absolute atomic E-state index is 11.9. The molecule has 2 rings (SSSR count). The number of halogens is 1. The number of carbonyl (C=O) groups excluding carboxylic acids is 1. The highest BCUT2D eigenvalue weighted by atomic mass is 127. The molecule has 0 bridgehead atoms. The molecule has 0 spiro atoms. The first kappa shape index (κ1) is 22.4. The minimum absolute atomic E-state index is 0. The van der Waals surface area contributed by atoms with Gasteiger partial charge in [0.1, 0.15) is 6.54 Å². The van der Waals surface area contributed by atoms with Crippen LogP contribution in [0.25, 0.3) is 0 Å². The van der Waals surface area contributed by atoms with Gasteiger partial charge >= 0.3 is 0 Å². The highest BCUT2D eigenvalue weighted by Gasteiger charge is 2.26. The van der Waals surface area contributed by atoms with Crippen LogP contribution in [0, 0.1) is 11.8 Å². The number of nitrogens with one attached hydrogen (secondary N) is 1. The maximum Gasteiger partial charge on any atom is 0.243 e. The lowest BCUT2D eigenvalue weighted by molar-refractivity contribution is -0.127. The molecule has 2 unspecified atom stereocenters. The van der Waals surface area contributed by atoms with Crippen molar-refractivity contribution in [2.75, 3.05) is 66.7 Å². The first-order valence-electron chi connectivity index (χ1n) is 8.99. The zero-order chi connectivity index (χ0) is 17.4. The zero-order valence-electron chi connectivity index (χ0n) is 15.7. The Labute approximate surface area is 168 Å². The van der Waals surface area contributed by atoms with E-state index < -0.39 is 0 Å². The Balaban J connectivity index is 0.00000312. The van der Waals surface area contributed by atoms with Crippen LogP contribution < -0.4 is 5.32 Å². The minimum Gasteiger partial charge on any atom is -0.381 e. The quantitative estimate of drug-likeness (QED) is 0.344. The van der Waals surface area contributed by atoms with Gasteiger partial charge in [-0.25, -0.2) is 4.99 Å². The molecule has 25 heavy (non-hydrogen) atoms. The van der Waals surface area contributed by atoms with Crippen molar-refractivity contribution in [1.82, 2.24) is 15.1 Å². The Morgan fingerprint density at radius 3 is 2.80 bits per heavy atom. The number of nitrogens with zero attached hydrogens (tertiary/aromatic N) is 3. The summed E-state index contributed by atoms with van der Waals surface area (Å²) in [5.74, 6) is 1.93. The van der Waals surface area contributed by atoms with E-state index in [0.717, 1.165) is 64.9 Å². The summed E-state index contributed by atoms with van der Waals surface area (Å²) in [4.78, 5) is 20.3. The third-order valence-corrected chi connectivity index (χ3v) is 4.58. The highest BCUT2D eigenvalue weighted by Crippen LogP contribution is 2.17. The van der Waals surface area contributed by atoms with E-state index in [4.69, 9.17) is 9.47 Å². The second-order valence-electron chi connectivity index (χ2n) is 6.80. The van der Waals surface area contributed by atoms with Crippen molar-refractivity contribution < 1.29 is 14.3 Å². The molecule has 7 nitrogen and oxygen atoms in total. The molecule has 8 heteroatoms. The lowest BCUT2D eigenvalue weighted by Gasteiger charge is -2.23. The molecular weight excluding hydrogens is 435 g/mol. The smallest absolute Gasteiger partial charge is 0.243 e. The van der Waals surface area contributed by atoms with Crippen LogP contribution in [0.15, 0.2) is 4.99 Å².